The van der Waals surface area contributed by atoms with Crippen LogP contribution in [0.25, 0.3) is 0 Å². The van der Waals surface area contributed by atoms with Gasteiger partial charge in [-0.1, -0.05) is 65.7 Å². The van der Waals surface area contributed by atoms with Crippen molar-refractivity contribution in [1.29, 1.82) is 0 Å². The van der Waals surface area contributed by atoms with Crippen molar-refractivity contribution >= 4 is 17.7 Å². The number of hydrogen-bond donors (Lipinski definition) is 0. The van der Waals surface area contributed by atoms with Gasteiger partial charge in [0.1, 0.15) is 6.61 Å². The van der Waals surface area contributed by atoms with Crippen LogP contribution >= 0.6 is 0 Å². The summed E-state index contributed by atoms with van der Waals surface area (Å²) in [5.41, 5.74) is 0. The van der Waals surface area contributed by atoms with Gasteiger partial charge in [0, 0.05) is 61.7 Å². The van der Waals surface area contributed by atoms with Gasteiger partial charge in [-0.05, 0) is 6.42 Å². The zero-order valence-electron chi connectivity index (χ0n) is 22.0. The van der Waals surface area contributed by atoms with E-state index in [1.165, 1.54) is 44.9 Å². The Morgan fingerprint density at radius 3 is 1.19 bits per heavy atom. The van der Waals surface area contributed by atoms with Gasteiger partial charge in [0.05, 0.1) is 0 Å². The number of hydrogen-bond acceptors (Lipinski definition) is 4. The molecule has 31 heavy (non-hydrogen) atoms. The molecule has 0 spiro atoms. The van der Waals surface area contributed by atoms with E-state index in [2.05, 4.69) is 6.92 Å². The molecule has 7 heteroatoms. The van der Waals surface area contributed by atoms with Crippen molar-refractivity contribution in [2.75, 3.05) is 55.5 Å². The van der Waals surface area contributed by atoms with Gasteiger partial charge in [-0.3, -0.25) is 14.4 Å². The molecule has 0 saturated heterocycles. The third-order valence-electron chi connectivity index (χ3n) is 4.47. The van der Waals surface area contributed by atoms with Gasteiger partial charge in [0.25, 0.3) is 0 Å². The van der Waals surface area contributed by atoms with Crippen molar-refractivity contribution in [3.05, 3.63) is 0 Å². The van der Waals surface area contributed by atoms with E-state index in [1.54, 1.807) is 57.0 Å². The van der Waals surface area contributed by atoms with Crippen molar-refractivity contribution in [2.24, 2.45) is 0 Å². The Balaban J connectivity index is -0.000000460. The number of carbonyl (C=O) groups is 3. The summed E-state index contributed by atoms with van der Waals surface area (Å²) in [6, 6.07) is 0. The Morgan fingerprint density at radius 1 is 0.548 bits per heavy atom. The molecule has 0 bridgehead atoms. The van der Waals surface area contributed by atoms with Crippen LogP contribution in [-0.2, 0) is 19.1 Å². The highest BCUT2D eigenvalue weighted by molar-refractivity contribution is 5.76. The van der Waals surface area contributed by atoms with Gasteiger partial charge in [-0.25, -0.2) is 0 Å². The summed E-state index contributed by atoms with van der Waals surface area (Å²) in [4.78, 5) is 36.8. The molecule has 0 unspecified atom stereocenters. The predicted octanol–water partition coefficient (Wildman–Crippen LogP) is 4.20. The first-order chi connectivity index (χ1) is 14.5. The molecule has 0 aromatic carbocycles. The fourth-order valence-corrected chi connectivity index (χ4v) is 2.26. The summed E-state index contributed by atoms with van der Waals surface area (Å²) >= 11 is 0. The van der Waals surface area contributed by atoms with Crippen LogP contribution in [0.3, 0.4) is 0 Å². The van der Waals surface area contributed by atoms with Crippen molar-refractivity contribution in [1.82, 2.24) is 14.7 Å². The summed E-state index contributed by atoms with van der Waals surface area (Å²) in [6.07, 6.45) is 11.6. The molecular formula is C24H51N3O4. The molecule has 186 valence electrons. The van der Waals surface area contributed by atoms with Gasteiger partial charge in [0.15, 0.2) is 0 Å². The molecule has 3 amide bonds. The molecule has 0 atom stereocenters. The molecule has 0 aromatic rings. The van der Waals surface area contributed by atoms with Crippen LogP contribution < -0.4 is 0 Å². The topological polar surface area (TPSA) is 70.2 Å². The molecule has 7 nitrogen and oxygen atoms in total. The van der Waals surface area contributed by atoms with Crippen molar-refractivity contribution in [3.8, 4) is 0 Å². The fourth-order valence-electron chi connectivity index (χ4n) is 2.26. The minimum atomic E-state index is 0.0459. The molecule has 0 N–H and O–H groups in total. The molecule has 0 aliphatic carbocycles. The second-order valence-electron chi connectivity index (χ2n) is 8.10. The lowest BCUT2D eigenvalue weighted by Gasteiger charge is -2.10. The van der Waals surface area contributed by atoms with Crippen molar-refractivity contribution in [3.63, 3.8) is 0 Å². The molecular weight excluding hydrogens is 394 g/mol. The molecule has 0 heterocycles. The predicted molar refractivity (Wildman–Crippen MR) is 130 cm³/mol. The second kappa shape index (κ2) is 24.6. The normalized spacial score (nSPS) is 9.58. The lowest BCUT2D eigenvalue weighted by atomic mass is 10.1. The first kappa shape index (κ1) is 34.0. The third-order valence-corrected chi connectivity index (χ3v) is 4.47. The zero-order valence-corrected chi connectivity index (χ0v) is 22.0. The Morgan fingerprint density at radius 2 is 0.903 bits per heavy atom. The summed E-state index contributed by atoms with van der Waals surface area (Å²) in [6.45, 7) is 6.88. The van der Waals surface area contributed by atoms with Crippen molar-refractivity contribution in [2.45, 2.75) is 85.0 Å². The molecule has 0 rings (SSSR count). The Labute approximate surface area is 192 Å². The summed E-state index contributed by atoms with van der Waals surface area (Å²) < 4.78 is 5.31. The fraction of sp³-hybridized carbons (Fsp3) is 0.875. The van der Waals surface area contributed by atoms with Crippen LogP contribution in [0.5, 0.6) is 0 Å². The van der Waals surface area contributed by atoms with E-state index in [9.17, 15) is 14.4 Å². The van der Waals surface area contributed by atoms with Crippen LogP contribution in [-0.4, -0.2) is 87.9 Å². The number of nitrogens with zero attached hydrogens (tertiary/aromatic N) is 3. The number of likely N-dealkylation sites (N-methyl/N-ethyl adjacent to an activating group) is 1. The minimum absolute atomic E-state index is 0.0459. The number of rotatable bonds is 13. The maximum absolute atomic E-state index is 11.2. The van der Waals surface area contributed by atoms with Gasteiger partial charge < -0.3 is 19.4 Å². The molecule has 0 radical (unpaired) electrons. The molecule has 0 aliphatic rings. The van der Waals surface area contributed by atoms with Gasteiger partial charge in [-0.2, -0.15) is 0 Å². The Hall–Kier alpha value is -1.63. The lowest BCUT2D eigenvalue weighted by Crippen LogP contribution is -2.26. The first-order valence-corrected chi connectivity index (χ1v) is 11.7. The minimum Gasteiger partial charge on any atom is -0.372 e. The first-order valence-electron chi connectivity index (χ1n) is 11.7. The summed E-state index contributed by atoms with van der Waals surface area (Å²) in [7, 11) is 10.5. The summed E-state index contributed by atoms with van der Waals surface area (Å²) in [5, 5.41) is 0. The average Bonchev–Trinajstić information content (AvgIpc) is 2.74. The largest absolute Gasteiger partial charge is 0.372 e. The smallest absolute Gasteiger partial charge is 0.248 e. The molecule has 0 fully saturated rings. The standard InChI is InChI=1S/C14H29NO2.2C5H11NO/c1-4-5-6-7-8-9-10-11-12-17-13-14(16)15(2)3;2*1-4-5(7)6(2)3/h4-13H2,1-3H3;2*4H2,1-3H3. The number of amides is 3. The van der Waals surface area contributed by atoms with Crippen molar-refractivity contribution < 1.29 is 19.1 Å². The van der Waals surface area contributed by atoms with E-state index in [4.69, 9.17) is 4.74 Å². The van der Waals surface area contributed by atoms with E-state index in [0.717, 1.165) is 6.42 Å². The average molecular weight is 446 g/mol. The monoisotopic (exact) mass is 445 g/mol. The number of carbonyl (C=O) groups excluding carboxylic acids is 3. The zero-order chi connectivity index (χ0) is 24.7. The second-order valence-corrected chi connectivity index (χ2v) is 8.10. The van der Waals surface area contributed by atoms with E-state index in [1.807, 2.05) is 13.8 Å². The van der Waals surface area contributed by atoms with Gasteiger partial charge in [0.2, 0.25) is 17.7 Å². The van der Waals surface area contributed by atoms with Gasteiger partial charge in [-0.15, -0.1) is 0 Å². The van der Waals surface area contributed by atoms with E-state index in [0.29, 0.717) is 19.4 Å². The summed E-state index contributed by atoms with van der Waals surface area (Å²) in [5.74, 6) is 0.407. The molecule has 0 aromatic heterocycles. The number of ether oxygens (including phenoxy) is 1. The maximum Gasteiger partial charge on any atom is 0.248 e. The highest BCUT2D eigenvalue weighted by Gasteiger charge is 2.02. The molecule has 0 saturated carbocycles. The highest BCUT2D eigenvalue weighted by atomic mass is 16.5. The third kappa shape index (κ3) is 28.4. The maximum atomic E-state index is 11.2. The SMILES string of the molecule is CCC(=O)N(C)C.CCC(=O)N(C)C.CCCCCCCCCCOCC(=O)N(C)C. The lowest BCUT2D eigenvalue weighted by molar-refractivity contribution is -0.133. The van der Waals surface area contributed by atoms with Crippen LogP contribution in [0.15, 0.2) is 0 Å². The Kier molecular flexibility index (Phi) is 27.0. The number of unbranched alkanes of at least 4 members (excludes halogenated alkanes) is 7. The van der Waals surface area contributed by atoms with Crippen LogP contribution in [0.1, 0.15) is 85.0 Å². The van der Waals surface area contributed by atoms with E-state index < -0.39 is 0 Å². The Bertz CT molecular complexity index is 419. The van der Waals surface area contributed by atoms with E-state index in [-0.39, 0.29) is 24.3 Å². The quantitative estimate of drug-likeness (QED) is 0.398. The van der Waals surface area contributed by atoms with Crippen LogP contribution in [0.4, 0.5) is 0 Å². The van der Waals surface area contributed by atoms with Gasteiger partial charge >= 0.3 is 0 Å². The highest BCUT2D eigenvalue weighted by Crippen LogP contribution is 2.08. The van der Waals surface area contributed by atoms with Crippen LogP contribution in [0, 0.1) is 0 Å². The van der Waals surface area contributed by atoms with E-state index >= 15 is 0 Å². The molecule has 0 aliphatic heterocycles. The van der Waals surface area contributed by atoms with Crippen LogP contribution in [0.2, 0.25) is 0 Å².